The van der Waals surface area contributed by atoms with Crippen molar-refractivity contribution in [1.82, 2.24) is 4.90 Å². The first-order valence-electron chi connectivity index (χ1n) is 6.21. The molecule has 1 aromatic carbocycles. The quantitative estimate of drug-likeness (QED) is 0.630. The number of amides is 1. The average molecular weight is 308 g/mol. The van der Waals surface area contributed by atoms with Gasteiger partial charge in [-0.25, -0.2) is 4.39 Å². The summed E-state index contributed by atoms with van der Waals surface area (Å²) in [6.07, 6.45) is 0.656. The standard InChI is InChI=1S/C14H13FN2O3S/c1-16(7-6-11-3-2-8-21-11)14(18)12-9-10(15)4-5-13(12)17(19)20/h2-5,8-9H,6-7H2,1H3. The maximum atomic E-state index is 13.3. The van der Waals surface area contributed by atoms with Crippen molar-refractivity contribution in [2.45, 2.75) is 6.42 Å². The van der Waals surface area contributed by atoms with Gasteiger partial charge in [-0.05, 0) is 30.0 Å². The molecule has 0 spiro atoms. The second-order valence-electron chi connectivity index (χ2n) is 4.47. The highest BCUT2D eigenvalue weighted by atomic mass is 32.1. The molecular formula is C14H13FN2O3S. The Kier molecular flexibility index (Phi) is 4.64. The Morgan fingerprint density at radius 1 is 1.43 bits per heavy atom. The van der Waals surface area contributed by atoms with E-state index in [4.69, 9.17) is 0 Å². The molecule has 1 aromatic heterocycles. The molecule has 0 saturated carbocycles. The lowest BCUT2D eigenvalue weighted by atomic mass is 10.1. The number of hydrogen-bond donors (Lipinski definition) is 0. The average Bonchev–Trinajstić information content (AvgIpc) is 2.96. The van der Waals surface area contributed by atoms with E-state index in [-0.39, 0.29) is 11.3 Å². The lowest BCUT2D eigenvalue weighted by molar-refractivity contribution is -0.385. The predicted octanol–water partition coefficient (Wildman–Crippen LogP) is 3.11. The van der Waals surface area contributed by atoms with Gasteiger partial charge in [-0.3, -0.25) is 14.9 Å². The zero-order valence-electron chi connectivity index (χ0n) is 11.3. The zero-order chi connectivity index (χ0) is 15.4. The highest BCUT2D eigenvalue weighted by molar-refractivity contribution is 7.09. The van der Waals surface area contributed by atoms with Crippen molar-refractivity contribution in [3.05, 3.63) is 62.1 Å². The van der Waals surface area contributed by atoms with Crippen LogP contribution in [0.25, 0.3) is 0 Å². The third-order valence-corrected chi connectivity index (χ3v) is 3.94. The molecule has 0 aliphatic carbocycles. The Balaban J connectivity index is 2.15. The minimum atomic E-state index is -0.681. The molecule has 7 heteroatoms. The van der Waals surface area contributed by atoms with E-state index < -0.39 is 16.6 Å². The van der Waals surface area contributed by atoms with Gasteiger partial charge < -0.3 is 4.90 Å². The third-order valence-electron chi connectivity index (χ3n) is 3.01. The number of hydrogen-bond acceptors (Lipinski definition) is 4. The Labute approximate surface area is 124 Å². The second kappa shape index (κ2) is 6.45. The fourth-order valence-corrected chi connectivity index (χ4v) is 2.58. The van der Waals surface area contributed by atoms with Crippen LogP contribution in [-0.2, 0) is 6.42 Å². The van der Waals surface area contributed by atoms with Crippen molar-refractivity contribution in [1.29, 1.82) is 0 Å². The van der Waals surface area contributed by atoms with Crippen molar-refractivity contribution in [2.24, 2.45) is 0 Å². The molecule has 0 unspecified atom stereocenters. The molecule has 0 atom stereocenters. The van der Waals surface area contributed by atoms with Gasteiger partial charge in [-0.15, -0.1) is 11.3 Å². The van der Waals surface area contributed by atoms with E-state index in [9.17, 15) is 19.3 Å². The topological polar surface area (TPSA) is 63.5 Å². The molecule has 5 nitrogen and oxygen atoms in total. The minimum Gasteiger partial charge on any atom is -0.341 e. The molecule has 1 amide bonds. The van der Waals surface area contributed by atoms with Gasteiger partial charge in [0, 0.05) is 24.5 Å². The van der Waals surface area contributed by atoms with Crippen molar-refractivity contribution < 1.29 is 14.1 Å². The molecule has 0 radical (unpaired) electrons. The molecule has 0 N–H and O–H groups in total. The molecule has 21 heavy (non-hydrogen) atoms. The summed E-state index contributed by atoms with van der Waals surface area (Å²) < 4.78 is 13.3. The second-order valence-corrected chi connectivity index (χ2v) is 5.51. The lowest BCUT2D eigenvalue weighted by Gasteiger charge is -2.16. The molecule has 0 saturated heterocycles. The van der Waals surface area contributed by atoms with Crippen LogP contribution in [0.15, 0.2) is 35.7 Å². The van der Waals surface area contributed by atoms with Gasteiger partial charge in [-0.1, -0.05) is 6.07 Å². The Morgan fingerprint density at radius 2 is 2.19 bits per heavy atom. The summed E-state index contributed by atoms with van der Waals surface area (Å²) in [6.45, 7) is 0.410. The van der Waals surface area contributed by atoms with Crippen molar-refractivity contribution in [2.75, 3.05) is 13.6 Å². The Hall–Kier alpha value is -2.28. The van der Waals surface area contributed by atoms with E-state index in [1.165, 1.54) is 4.90 Å². The summed E-state index contributed by atoms with van der Waals surface area (Å²) >= 11 is 1.58. The van der Waals surface area contributed by atoms with Crippen LogP contribution >= 0.6 is 11.3 Å². The number of likely N-dealkylation sites (N-methyl/N-ethyl adjacent to an activating group) is 1. The molecule has 2 rings (SSSR count). The molecular weight excluding hydrogens is 295 g/mol. The number of nitro benzene ring substituents is 1. The number of thiophene rings is 1. The predicted molar refractivity (Wildman–Crippen MR) is 78.0 cm³/mol. The SMILES string of the molecule is CN(CCc1cccs1)C(=O)c1cc(F)ccc1[N+](=O)[O-]. The van der Waals surface area contributed by atoms with E-state index in [0.29, 0.717) is 13.0 Å². The normalized spacial score (nSPS) is 10.4. The first kappa shape index (κ1) is 15.1. The first-order valence-corrected chi connectivity index (χ1v) is 7.09. The Morgan fingerprint density at radius 3 is 2.81 bits per heavy atom. The monoisotopic (exact) mass is 308 g/mol. The zero-order valence-corrected chi connectivity index (χ0v) is 12.1. The molecule has 110 valence electrons. The summed E-state index contributed by atoms with van der Waals surface area (Å²) in [5.74, 6) is -1.23. The molecule has 0 bridgehead atoms. The number of halogens is 1. The Bertz CT molecular complexity index is 658. The van der Waals surface area contributed by atoms with Gasteiger partial charge in [0.15, 0.2) is 0 Å². The maximum Gasteiger partial charge on any atom is 0.282 e. The van der Waals surface area contributed by atoms with Crippen LogP contribution < -0.4 is 0 Å². The van der Waals surface area contributed by atoms with Crippen LogP contribution in [0.1, 0.15) is 15.2 Å². The number of carbonyl (C=O) groups is 1. The molecule has 1 heterocycles. The molecule has 0 aliphatic rings. The van der Waals surface area contributed by atoms with Crippen LogP contribution in [0.4, 0.5) is 10.1 Å². The molecule has 2 aromatic rings. The first-order chi connectivity index (χ1) is 9.99. The van der Waals surface area contributed by atoms with Gasteiger partial charge in [0.25, 0.3) is 11.6 Å². The number of benzene rings is 1. The van der Waals surface area contributed by atoms with E-state index in [0.717, 1.165) is 23.1 Å². The van der Waals surface area contributed by atoms with Gasteiger partial charge in [0.1, 0.15) is 11.4 Å². The summed E-state index contributed by atoms with van der Waals surface area (Å²) in [5, 5.41) is 12.9. The lowest BCUT2D eigenvalue weighted by Crippen LogP contribution is -2.29. The van der Waals surface area contributed by atoms with E-state index >= 15 is 0 Å². The largest absolute Gasteiger partial charge is 0.341 e. The summed E-state index contributed by atoms with van der Waals surface area (Å²) in [4.78, 5) is 25.0. The number of nitrogens with zero attached hydrogens (tertiary/aromatic N) is 2. The maximum absolute atomic E-state index is 13.3. The summed E-state index contributed by atoms with van der Waals surface area (Å²) in [6, 6.07) is 6.76. The van der Waals surface area contributed by atoms with Crippen LogP contribution in [-0.4, -0.2) is 29.3 Å². The fraction of sp³-hybridized carbons (Fsp3) is 0.214. The number of carbonyl (C=O) groups excluding carboxylic acids is 1. The summed E-state index contributed by atoms with van der Waals surface area (Å²) in [7, 11) is 1.55. The van der Waals surface area contributed by atoms with Crippen LogP contribution in [0.5, 0.6) is 0 Å². The van der Waals surface area contributed by atoms with Gasteiger partial charge in [0.2, 0.25) is 0 Å². The van der Waals surface area contributed by atoms with Gasteiger partial charge in [0.05, 0.1) is 4.92 Å². The van der Waals surface area contributed by atoms with E-state index in [2.05, 4.69) is 0 Å². The fourth-order valence-electron chi connectivity index (χ4n) is 1.88. The van der Waals surface area contributed by atoms with Crippen LogP contribution in [0.2, 0.25) is 0 Å². The molecule has 0 aliphatic heterocycles. The van der Waals surface area contributed by atoms with Crippen molar-refractivity contribution >= 4 is 22.9 Å². The third kappa shape index (κ3) is 3.63. The van der Waals surface area contributed by atoms with Crippen LogP contribution in [0.3, 0.4) is 0 Å². The van der Waals surface area contributed by atoms with Crippen LogP contribution in [0, 0.1) is 15.9 Å². The smallest absolute Gasteiger partial charge is 0.282 e. The molecule has 0 fully saturated rings. The van der Waals surface area contributed by atoms with Gasteiger partial charge >= 0.3 is 0 Å². The number of nitro groups is 1. The highest BCUT2D eigenvalue weighted by Crippen LogP contribution is 2.21. The van der Waals surface area contributed by atoms with E-state index in [1.54, 1.807) is 18.4 Å². The van der Waals surface area contributed by atoms with Crippen molar-refractivity contribution in [3.63, 3.8) is 0 Å². The number of rotatable bonds is 5. The summed E-state index contributed by atoms with van der Waals surface area (Å²) in [5.41, 5.74) is -0.613. The van der Waals surface area contributed by atoms with Gasteiger partial charge in [-0.2, -0.15) is 0 Å². The van der Waals surface area contributed by atoms with E-state index in [1.807, 2.05) is 17.5 Å². The minimum absolute atomic E-state index is 0.228. The van der Waals surface area contributed by atoms with Crippen molar-refractivity contribution in [3.8, 4) is 0 Å². The highest BCUT2D eigenvalue weighted by Gasteiger charge is 2.23.